The molecule has 0 fully saturated rings. The molecule has 0 aliphatic rings. The van der Waals surface area contributed by atoms with Gasteiger partial charge in [-0.1, -0.05) is 30.9 Å². The number of unbranched alkanes of at least 4 members (excludes halogenated alkanes) is 5. The highest BCUT2D eigenvalue weighted by Gasteiger charge is 1.88. The van der Waals surface area contributed by atoms with Gasteiger partial charge in [-0.15, -0.1) is 0 Å². The van der Waals surface area contributed by atoms with E-state index in [4.69, 9.17) is 5.11 Å². The molecule has 0 unspecified atom stereocenters. The summed E-state index contributed by atoms with van der Waals surface area (Å²) < 4.78 is 0. The van der Waals surface area contributed by atoms with Crippen molar-refractivity contribution >= 4 is 0 Å². The Morgan fingerprint density at radius 1 is 1.00 bits per heavy atom. The van der Waals surface area contributed by atoms with Gasteiger partial charge < -0.3 is 5.11 Å². The van der Waals surface area contributed by atoms with Gasteiger partial charge in [-0.3, -0.25) is 0 Å². The predicted molar refractivity (Wildman–Crippen MR) is 54.2 cm³/mol. The van der Waals surface area contributed by atoms with Gasteiger partial charge in [0.15, 0.2) is 0 Å². The summed E-state index contributed by atoms with van der Waals surface area (Å²) in [5.74, 6) is 0. The molecule has 0 rings (SSSR count). The zero-order valence-corrected chi connectivity index (χ0v) is 8.47. The molecule has 72 valence electrons. The van der Waals surface area contributed by atoms with Crippen LogP contribution >= 0.6 is 0 Å². The molecule has 0 aromatic rings. The Labute approximate surface area is 76.5 Å². The maximum absolute atomic E-state index is 8.53. The quantitative estimate of drug-likeness (QED) is 0.459. The van der Waals surface area contributed by atoms with Gasteiger partial charge >= 0.3 is 0 Å². The topological polar surface area (TPSA) is 20.2 Å². The van der Waals surface area contributed by atoms with Crippen molar-refractivity contribution in [2.45, 2.75) is 52.4 Å². The monoisotopic (exact) mass is 170 g/mol. The average Bonchev–Trinajstić information content (AvgIpc) is 2.02. The van der Waals surface area contributed by atoms with Crippen molar-refractivity contribution in [3.8, 4) is 0 Å². The first-order valence-electron chi connectivity index (χ1n) is 5.01. The summed E-state index contributed by atoms with van der Waals surface area (Å²) in [6.45, 7) is 4.64. The summed E-state index contributed by atoms with van der Waals surface area (Å²) in [6.07, 6.45) is 9.57. The van der Waals surface area contributed by atoms with E-state index in [1.165, 1.54) is 37.7 Å². The third-order valence-corrected chi connectivity index (χ3v) is 1.91. The molecule has 0 aliphatic carbocycles. The van der Waals surface area contributed by atoms with E-state index in [0.717, 1.165) is 6.42 Å². The molecule has 12 heavy (non-hydrogen) atoms. The molecule has 0 bridgehead atoms. The minimum absolute atomic E-state index is 0.355. The highest BCUT2D eigenvalue weighted by molar-refractivity contribution is 4.92. The van der Waals surface area contributed by atoms with Crippen LogP contribution in [0.15, 0.2) is 11.6 Å². The molecule has 0 atom stereocenters. The highest BCUT2D eigenvalue weighted by Crippen LogP contribution is 2.06. The summed E-state index contributed by atoms with van der Waals surface area (Å²) in [5.41, 5.74) is 1.42. The van der Waals surface area contributed by atoms with E-state index >= 15 is 0 Å². The zero-order valence-electron chi connectivity index (χ0n) is 8.47. The average molecular weight is 170 g/mol. The summed E-state index contributed by atoms with van der Waals surface area (Å²) in [5, 5.41) is 8.53. The van der Waals surface area contributed by atoms with Gasteiger partial charge in [-0.2, -0.15) is 0 Å². The molecule has 0 radical (unpaired) electrons. The lowest BCUT2D eigenvalue weighted by Gasteiger charge is -1.97. The molecule has 1 nitrogen and oxygen atoms in total. The van der Waals surface area contributed by atoms with E-state index in [1.54, 1.807) is 0 Å². The fourth-order valence-corrected chi connectivity index (χ4v) is 1.18. The predicted octanol–water partition coefficient (Wildman–Crippen LogP) is 3.29. The fraction of sp³-hybridized carbons (Fsp3) is 0.818. The van der Waals surface area contributed by atoms with Gasteiger partial charge in [-0.25, -0.2) is 0 Å². The fourth-order valence-electron chi connectivity index (χ4n) is 1.18. The molecule has 0 amide bonds. The Kier molecular flexibility index (Phi) is 8.57. The molecule has 0 aromatic carbocycles. The van der Waals surface area contributed by atoms with Gasteiger partial charge in [0.05, 0.1) is 0 Å². The van der Waals surface area contributed by atoms with E-state index in [-0.39, 0.29) is 0 Å². The van der Waals surface area contributed by atoms with Crippen LogP contribution in [0.2, 0.25) is 0 Å². The molecule has 0 aliphatic heterocycles. The van der Waals surface area contributed by atoms with E-state index < -0.39 is 0 Å². The smallest absolute Gasteiger partial charge is 0.0431 e. The summed E-state index contributed by atoms with van der Waals surface area (Å²) in [7, 11) is 0. The first-order chi connectivity index (χ1) is 5.77. The molecule has 0 aromatic heterocycles. The van der Waals surface area contributed by atoms with E-state index in [1.807, 2.05) is 0 Å². The molecular formula is C11H22O. The van der Waals surface area contributed by atoms with Crippen LogP contribution in [0.1, 0.15) is 52.4 Å². The Balaban J connectivity index is 2.96. The van der Waals surface area contributed by atoms with E-state index in [0.29, 0.717) is 6.61 Å². The lowest BCUT2D eigenvalue weighted by atomic mass is 10.1. The zero-order chi connectivity index (χ0) is 9.23. The van der Waals surface area contributed by atoms with Crippen molar-refractivity contribution in [3.63, 3.8) is 0 Å². The number of aliphatic hydroxyl groups is 1. The van der Waals surface area contributed by atoms with E-state index in [9.17, 15) is 0 Å². The SMILES string of the molecule is CC(C)=CCCCCCCCO. The molecule has 0 saturated carbocycles. The van der Waals surface area contributed by atoms with Crippen LogP contribution < -0.4 is 0 Å². The van der Waals surface area contributed by atoms with Crippen LogP contribution in [0.4, 0.5) is 0 Å². The van der Waals surface area contributed by atoms with Crippen LogP contribution in [-0.4, -0.2) is 11.7 Å². The lowest BCUT2D eigenvalue weighted by Crippen LogP contribution is -1.83. The minimum atomic E-state index is 0.355. The standard InChI is InChI=1S/C11H22O/c1-11(2)9-7-5-3-4-6-8-10-12/h9,12H,3-8,10H2,1-2H3. The second-order valence-corrected chi connectivity index (χ2v) is 3.56. The number of allylic oxidation sites excluding steroid dienone is 2. The number of aliphatic hydroxyl groups excluding tert-OH is 1. The molecule has 0 heterocycles. The summed E-state index contributed by atoms with van der Waals surface area (Å²) >= 11 is 0. The van der Waals surface area contributed by atoms with Crippen molar-refractivity contribution in [1.82, 2.24) is 0 Å². The second-order valence-electron chi connectivity index (χ2n) is 3.56. The number of hydrogen-bond acceptors (Lipinski definition) is 1. The maximum atomic E-state index is 8.53. The Bertz CT molecular complexity index is 112. The van der Waals surface area contributed by atoms with Crippen molar-refractivity contribution in [2.24, 2.45) is 0 Å². The normalized spacial score (nSPS) is 9.92. The van der Waals surface area contributed by atoms with Gasteiger partial charge in [0.1, 0.15) is 0 Å². The second kappa shape index (κ2) is 8.79. The van der Waals surface area contributed by atoms with Gasteiger partial charge in [0, 0.05) is 6.61 Å². The molecule has 1 heteroatoms. The van der Waals surface area contributed by atoms with Gasteiger partial charge in [-0.05, 0) is 33.1 Å². The molecule has 0 saturated heterocycles. The third kappa shape index (κ3) is 9.70. The lowest BCUT2D eigenvalue weighted by molar-refractivity contribution is 0.282. The van der Waals surface area contributed by atoms with Crippen LogP contribution in [0.5, 0.6) is 0 Å². The Morgan fingerprint density at radius 2 is 1.58 bits per heavy atom. The molecular weight excluding hydrogens is 148 g/mol. The van der Waals surface area contributed by atoms with Crippen molar-refractivity contribution < 1.29 is 5.11 Å². The Morgan fingerprint density at radius 3 is 2.17 bits per heavy atom. The first kappa shape index (κ1) is 11.7. The van der Waals surface area contributed by atoms with Gasteiger partial charge in [0.2, 0.25) is 0 Å². The number of rotatable bonds is 7. The van der Waals surface area contributed by atoms with Crippen molar-refractivity contribution in [2.75, 3.05) is 6.61 Å². The number of hydrogen-bond donors (Lipinski definition) is 1. The van der Waals surface area contributed by atoms with E-state index in [2.05, 4.69) is 19.9 Å². The summed E-state index contributed by atoms with van der Waals surface area (Å²) in [6, 6.07) is 0. The van der Waals surface area contributed by atoms with Crippen LogP contribution in [0, 0.1) is 0 Å². The highest BCUT2D eigenvalue weighted by atomic mass is 16.2. The van der Waals surface area contributed by atoms with Crippen LogP contribution in [-0.2, 0) is 0 Å². The molecule has 1 N–H and O–H groups in total. The third-order valence-electron chi connectivity index (χ3n) is 1.91. The van der Waals surface area contributed by atoms with Gasteiger partial charge in [0.25, 0.3) is 0 Å². The first-order valence-corrected chi connectivity index (χ1v) is 5.01. The molecule has 0 spiro atoms. The van der Waals surface area contributed by atoms with Crippen LogP contribution in [0.3, 0.4) is 0 Å². The van der Waals surface area contributed by atoms with Crippen molar-refractivity contribution in [3.05, 3.63) is 11.6 Å². The summed E-state index contributed by atoms with van der Waals surface area (Å²) in [4.78, 5) is 0. The minimum Gasteiger partial charge on any atom is -0.396 e. The largest absolute Gasteiger partial charge is 0.396 e. The maximum Gasteiger partial charge on any atom is 0.0431 e. The van der Waals surface area contributed by atoms with Crippen molar-refractivity contribution in [1.29, 1.82) is 0 Å². The van der Waals surface area contributed by atoms with Crippen LogP contribution in [0.25, 0.3) is 0 Å². The Hall–Kier alpha value is -0.300.